The second kappa shape index (κ2) is 9.68. The largest absolute Gasteiger partial charge is 0.507 e. The number of aromatic amines is 1. The van der Waals surface area contributed by atoms with Crippen LogP contribution in [0.15, 0.2) is 72.6 Å². The number of benzene rings is 2. The van der Waals surface area contributed by atoms with Crippen LogP contribution >= 0.6 is 23.2 Å². The molecule has 0 saturated carbocycles. The summed E-state index contributed by atoms with van der Waals surface area (Å²) in [5.41, 5.74) is 2.51. The van der Waals surface area contributed by atoms with E-state index in [1.165, 1.54) is 17.0 Å². The highest BCUT2D eigenvalue weighted by Gasteiger charge is 2.46. The number of aliphatic hydroxyl groups is 1. The lowest BCUT2D eigenvalue weighted by Gasteiger charge is -2.24. The lowest BCUT2D eigenvalue weighted by atomic mass is 9.98. The number of carbonyl (C=O) groups is 2. The third-order valence-corrected chi connectivity index (χ3v) is 6.84. The fourth-order valence-corrected chi connectivity index (χ4v) is 5.01. The Balaban J connectivity index is 1.56. The van der Waals surface area contributed by atoms with Crippen LogP contribution in [0.1, 0.15) is 22.9 Å². The third kappa shape index (κ3) is 4.21. The summed E-state index contributed by atoms with van der Waals surface area (Å²) in [7, 11) is 1.60. The summed E-state index contributed by atoms with van der Waals surface area (Å²) in [5.74, 6) is -1.16. The summed E-state index contributed by atoms with van der Waals surface area (Å²) in [6.07, 6.45) is 3.92. The van der Waals surface area contributed by atoms with E-state index in [2.05, 4.69) is 9.97 Å². The second-order valence-electron chi connectivity index (χ2n) is 8.35. The van der Waals surface area contributed by atoms with Crippen LogP contribution in [-0.4, -0.2) is 45.3 Å². The van der Waals surface area contributed by atoms with Crippen LogP contribution in [0, 0.1) is 0 Å². The lowest BCUT2D eigenvalue weighted by molar-refractivity contribution is -0.139. The number of nitrogens with zero attached hydrogens (tertiary/aromatic N) is 2. The first kappa shape index (κ1) is 23.9. The van der Waals surface area contributed by atoms with Crippen molar-refractivity contribution in [2.45, 2.75) is 12.5 Å². The number of pyridine rings is 1. The molecule has 2 aromatic carbocycles. The fraction of sp³-hybridized carbons (Fsp3) is 0.148. The predicted octanol–water partition coefficient (Wildman–Crippen LogP) is 5.54. The van der Waals surface area contributed by atoms with E-state index in [4.69, 9.17) is 27.9 Å². The standard InChI is InChI=1S/C27H21Cl2N3O4/c1-36-17-6-8-21-19(13-17)15(14-31-21)9-11-32-24(22-4-2-3-10-30-22)23(26(34)27(32)35)25(33)18-7-5-16(28)12-20(18)29/h2-8,10,12-14,24,31,33H,9,11H2,1H3/b25-23-. The highest BCUT2D eigenvalue weighted by molar-refractivity contribution is 6.47. The van der Waals surface area contributed by atoms with E-state index in [9.17, 15) is 14.7 Å². The fourth-order valence-electron chi connectivity index (χ4n) is 4.51. The van der Waals surface area contributed by atoms with Crippen molar-refractivity contribution in [3.8, 4) is 5.75 Å². The van der Waals surface area contributed by atoms with E-state index in [0.717, 1.165) is 22.2 Å². The van der Waals surface area contributed by atoms with Crippen LogP contribution in [-0.2, 0) is 16.0 Å². The highest BCUT2D eigenvalue weighted by Crippen LogP contribution is 2.40. The minimum Gasteiger partial charge on any atom is -0.507 e. The molecule has 1 saturated heterocycles. The monoisotopic (exact) mass is 521 g/mol. The molecule has 1 atom stereocenters. The van der Waals surface area contributed by atoms with Crippen LogP contribution in [0.5, 0.6) is 5.75 Å². The molecule has 2 aromatic heterocycles. The molecular formula is C27H21Cl2N3O4. The minimum atomic E-state index is -0.877. The number of amides is 1. The van der Waals surface area contributed by atoms with Gasteiger partial charge in [0.05, 0.1) is 23.4 Å². The number of nitrogens with one attached hydrogen (secondary N) is 1. The number of halogens is 2. The number of ether oxygens (including phenoxy) is 1. The van der Waals surface area contributed by atoms with E-state index >= 15 is 0 Å². The number of aliphatic hydroxyl groups excluding tert-OH is 1. The van der Waals surface area contributed by atoms with E-state index in [1.807, 2.05) is 24.4 Å². The van der Waals surface area contributed by atoms with Gasteiger partial charge in [-0.05, 0) is 60.5 Å². The summed E-state index contributed by atoms with van der Waals surface area (Å²) in [4.78, 5) is 35.5. The molecule has 3 heterocycles. The van der Waals surface area contributed by atoms with Crippen LogP contribution in [0.25, 0.3) is 16.7 Å². The van der Waals surface area contributed by atoms with Crippen molar-refractivity contribution >= 4 is 51.6 Å². The summed E-state index contributed by atoms with van der Waals surface area (Å²) >= 11 is 12.3. The Labute approximate surface area is 216 Å². The first-order chi connectivity index (χ1) is 17.4. The summed E-state index contributed by atoms with van der Waals surface area (Å²) in [6, 6.07) is 14.6. The molecule has 182 valence electrons. The van der Waals surface area contributed by atoms with Crippen molar-refractivity contribution in [2.24, 2.45) is 0 Å². The normalized spacial score (nSPS) is 17.2. The zero-order chi connectivity index (χ0) is 25.4. The molecule has 1 unspecified atom stereocenters. The van der Waals surface area contributed by atoms with Crippen LogP contribution in [0.4, 0.5) is 0 Å². The minimum absolute atomic E-state index is 0.0662. The van der Waals surface area contributed by atoms with Crippen molar-refractivity contribution in [3.05, 3.63) is 99.4 Å². The maximum atomic E-state index is 13.2. The zero-order valence-electron chi connectivity index (χ0n) is 19.2. The number of methoxy groups -OCH3 is 1. The van der Waals surface area contributed by atoms with Gasteiger partial charge in [-0.15, -0.1) is 0 Å². The maximum Gasteiger partial charge on any atom is 0.295 e. The van der Waals surface area contributed by atoms with Gasteiger partial charge in [-0.2, -0.15) is 0 Å². The Morgan fingerprint density at radius 2 is 1.97 bits per heavy atom. The average Bonchev–Trinajstić information content (AvgIpc) is 3.40. The number of likely N-dealkylation sites (tertiary alicyclic amines) is 1. The summed E-state index contributed by atoms with van der Waals surface area (Å²) in [6.45, 7) is 0.223. The maximum absolute atomic E-state index is 13.2. The van der Waals surface area contributed by atoms with Crippen molar-refractivity contribution in [2.75, 3.05) is 13.7 Å². The first-order valence-electron chi connectivity index (χ1n) is 11.2. The van der Waals surface area contributed by atoms with Gasteiger partial charge in [0.2, 0.25) is 0 Å². The third-order valence-electron chi connectivity index (χ3n) is 6.29. The molecule has 36 heavy (non-hydrogen) atoms. The van der Waals surface area contributed by atoms with Gasteiger partial charge >= 0.3 is 0 Å². The number of aromatic nitrogens is 2. The van der Waals surface area contributed by atoms with Gasteiger partial charge in [-0.3, -0.25) is 14.6 Å². The molecule has 2 N–H and O–H groups in total. The Bertz CT molecular complexity index is 1510. The van der Waals surface area contributed by atoms with Crippen molar-refractivity contribution in [1.29, 1.82) is 0 Å². The smallest absolute Gasteiger partial charge is 0.295 e. The zero-order valence-corrected chi connectivity index (χ0v) is 20.7. The SMILES string of the molecule is COc1ccc2[nH]cc(CCN3C(=O)C(=O)/C(=C(\O)c4ccc(Cl)cc4Cl)C3c3ccccn3)c2c1. The van der Waals surface area contributed by atoms with Gasteiger partial charge in [0.25, 0.3) is 11.7 Å². The number of carbonyl (C=O) groups excluding carboxylic acids is 2. The number of H-pyrrole nitrogens is 1. The van der Waals surface area contributed by atoms with Crippen molar-refractivity contribution in [3.63, 3.8) is 0 Å². The van der Waals surface area contributed by atoms with Gasteiger partial charge in [-0.25, -0.2) is 0 Å². The molecule has 4 aromatic rings. The molecular weight excluding hydrogens is 501 g/mol. The second-order valence-corrected chi connectivity index (χ2v) is 9.19. The number of hydrogen-bond donors (Lipinski definition) is 2. The summed E-state index contributed by atoms with van der Waals surface area (Å²) in [5, 5.41) is 12.7. The van der Waals surface area contributed by atoms with Gasteiger partial charge in [0, 0.05) is 40.4 Å². The molecule has 0 radical (unpaired) electrons. The Morgan fingerprint density at radius 1 is 1.14 bits per heavy atom. The quantitative estimate of drug-likeness (QED) is 0.197. The molecule has 1 aliphatic heterocycles. The number of ketones is 1. The molecule has 7 nitrogen and oxygen atoms in total. The van der Waals surface area contributed by atoms with Gasteiger partial charge < -0.3 is 19.7 Å². The van der Waals surface area contributed by atoms with Gasteiger partial charge in [0.15, 0.2) is 0 Å². The van der Waals surface area contributed by atoms with E-state index < -0.39 is 17.7 Å². The van der Waals surface area contributed by atoms with Crippen molar-refractivity contribution in [1.82, 2.24) is 14.9 Å². The molecule has 1 fully saturated rings. The average molecular weight is 522 g/mol. The van der Waals surface area contributed by atoms with Crippen LogP contribution in [0.3, 0.4) is 0 Å². The van der Waals surface area contributed by atoms with Crippen LogP contribution < -0.4 is 4.74 Å². The number of rotatable bonds is 6. The number of fused-ring (bicyclic) bond motifs is 1. The number of Topliss-reactive ketones (excluding diaryl/α,β-unsaturated/α-hetero) is 1. The molecule has 0 spiro atoms. The number of hydrogen-bond acceptors (Lipinski definition) is 5. The predicted molar refractivity (Wildman–Crippen MR) is 138 cm³/mol. The molecule has 1 aliphatic rings. The Morgan fingerprint density at radius 3 is 2.69 bits per heavy atom. The molecule has 9 heteroatoms. The molecule has 5 rings (SSSR count). The first-order valence-corrected chi connectivity index (χ1v) is 11.9. The van der Waals surface area contributed by atoms with Gasteiger partial charge in [0.1, 0.15) is 17.6 Å². The van der Waals surface area contributed by atoms with Crippen molar-refractivity contribution < 1.29 is 19.4 Å². The Kier molecular flexibility index (Phi) is 6.43. The van der Waals surface area contributed by atoms with E-state index in [1.54, 1.807) is 37.6 Å². The topological polar surface area (TPSA) is 95.5 Å². The van der Waals surface area contributed by atoms with Gasteiger partial charge in [-0.1, -0.05) is 29.3 Å². The lowest BCUT2D eigenvalue weighted by Crippen LogP contribution is -2.32. The van der Waals surface area contributed by atoms with Crippen LogP contribution in [0.2, 0.25) is 10.0 Å². The van der Waals surface area contributed by atoms with E-state index in [0.29, 0.717) is 17.1 Å². The summed E-state index contributed by atoms with van der Waals surface area (Å²) < 4.78 is 5.35. The molecule has 0 bridgehead atoms. The molecule has 0 aliphatic carbocycles. The van der Waals surface area contributed by atoms with E-state index in [-0.39, 0.29) is 28.5 Å². The molecule has 1 amide bonds. The Hall–Kier alpha value is -3.81. The highest BCUT2D eigenvalue weighted by atomic mass is 35.5.